The van der Waals surface area contributed by atoms with Gasteiger partial charge in [-0.3, -0.25) is 4.98 Å². The van der Waals surface area contributed by atoms with Crippen LogP contribution in [0.4, 0.5) is 0 Å². The molecule has 220 valence electrons. The van der Waals surface area contributed by atoms with Crippen molar-refractivity contribution in [1.82, 2.24) is 9.97 Å². The Morgan fingerprint density at radius 1 is 0.383 bits per heavy atom. The van der Waals surface area contributed by atoms with Gasteiger partial charge in [0, 0.05) is 44.8 Å². The molecular formula is C44H28N2O. The van der Waals surface area contributed by atoms with Crippen molar-refractivity contribution in [3.63, 3.8) is 0 Å². The summed E-state index contributed by atoms with van der Waals surface area (Å²) in [6, 6.07) is 57.1. The van der Waals surface area contributed by atoms with E-state index in [0.29, 0.717) is 0 Å². The van der Waals surface area contributed by atoms with E-state index in [1.54, 1.807) is 0 Å². The minimum Gasteiger partial charge on any atom is -0.455 e. The highest BCUT2D eigenvalue weighted by Crippen LogP contribution is 2.50. The standard InChI is InChI=1S/C44H28N2O/c1-4-13-29(14-5-1)39-40(44(33-17-8-3-9-18-33)47-43(39)32-15-6-2-7-16-32)37-26-25-36(34-20-10-11-21-35(34)37)38-27-24-31-23-22-30-19-12-28-45-41(30)42(31)46-38/h1-28H. The van der Waals surface area contributed by atoms with E-state index in [1.807, 2.05) is 24.4 Å². The van der Waals surface area contributed by atoms with E-state index in [1.165, 1.54) is 0 Å². The fraction of sp³-hybridized carbons (Fsp3) is 0. The van der Waals surface area contributed by atoms with Gasteiger partial charge in [0.15, 0.2) is 0 Å². The van der Waals surface area contributed by atoms with Gasteiger partial charge in [-0.15, -0.1) is 0 Å². The lowest BCUT2D eigenvalue weighted by atomic mass is 9.87. The summed E-state index contributed by atoms with van der Waals surface area (Å²) in [6.45, 7) is 0. The number of nitrogens with zero attached hydrogens (tertiary/aromatic N) is 2. The molecule has 0 unspecified atom stereocenters. The van der Waals surface area contributed by atoms with Crippen molar-refractivity contribution in [2.24, 2.45) is 0 Å². The average molecular weight is 601 g/mol. The van der Waals surface area contributed by atoms with Crippen LogP contribution in [0.25, 0.3) is 88.7 Å². The molecule has 0 aliphatic heterocycles. The predicted octanol–water partition coefficient (Wildman–Crippen LogP) is 11.9. The third-order valence-electron chi connectivity index (χ3n) is 8.94. The van der Waals surface area contributed by atoms with Crippen molar-refractivity contribution in [2.75, 3.05) is 0 Å². The Kier molecular flexibility index (Phi) is 6.46. The van der Waals surface area contributed by atoms with Crippen molar-refractivity contribution in [2.45, 2.75) is 0 Å². The first kappa shape index (κ1) is 27.0. The van der Waals surface area contributed by atoms with E-state index in [4.69, 9.17) is 14.4 Å². The molecule has 9 rings (SSSR count). The number of rotatable bonds is 5. The zero-order valence-corrected chi connectivity index (χ0v) is 25.5. The number of furan rings is 1. The Balaban J connectivity index is 1.34. The zero-order chi connectivity index (χ0) is 31.2. The molecule has 0 atom stereocenters. The third kappa shape index (κ3) is 4.60. The fourth-order valence-electron chi connectivity index (χ4n) is 6.77. The maximum Gasteiger partial charge on any atom is 0.143 e. The highest BCUT2D eigenvalue weighted by atomic mass is 16.3. The van der Waals surface area contributed by atoms with E-state index >= 15 is 0 Å². The van der Waals surface area contributed by atoms with Gasteiger partial charge in [0.1, 0.15) is 11.5 Å². The van der Waals surface area contributed by atoms with Crippen LogP contribution in [0.2, 0.25) is 0 Å². The smallest absolute Gasteiger partial charge is 0.143 e. The fourth-order valence-corrected chi connectivity index (χ4v) is 6.77. The molecule has 0 spiro atoms. The van der Waals surface area contributed by atoms with Gasteiger partial charge in [-0.1, -0.05) is 152 Å². The van der Waals surface area contributed by atoms with Crippen LogP contribution in [-0.4, -0.2) is 9.97 Å². The van der Waals surface area contributed by atoms with Crippen molar-refractivity contribution in [1.29, 1.82) is 0 Å². The molecule has 0 amide bonds. The van der Waals surface area contributed by atoms with Crippen LogP contribution in [0.1, 0.15) is 0 Å². The van der Waals surface area contributed by atoms with E-state index in [9.17, 15) is 0 Å². The molecule has 3 heteroatoms. The molecule has 3 heterocycles. The Hall–Kier alpha value is -6.32. The monoisotopic (exact) mass is 600 g/mol. The minimum absolute atomic E-state index is 0.850. The first-order valence-corrected chi connectivity index (χ1v) is 15.8. The Labute approximate surface area is 272 Å². The predicted molar refractivity (Wildman–Crippen MR) is 194 cm³/mol. The van der Waals surface area contributed by atoms with Gasteiger partial charge in [0.25, 0.3) is 0 Å². The normalized spacial score (nSPS) is 11.4. The molecule has 3 nitrogen and oxygen atoms in total. The molecule has 0 fully saturated rings. The van der Waals surface area contributed by atoms with Crippen LogP contribution in [0.5, 0.6) is 0 Å². The van der Waals surface area contributed by atoms with E-state index < -0.39 is 0 Å². The van der Waals surface area contributed by atoms with Gasteiger partial charge >= 0.3 is 0 Å². The van der Waals surface area contributed by atoms with Crippen LogP contribution in [0.15, 0.2) is 174 Å². The number of fused-ring (bicyclic) bond motifs is 4. The van der Waals surface area contributed by atoms with Crippen molar-refractivity contribution in [3.05, 3.63) is 170 Å². The van der Waals surface area contributed by atoms with Gasteiger partial charge in [-0.25, -0.2) is 4.98 Å². The summed E-state index contributed by atoms with van der Waals surface area (Å²) in [5, 5.41) is 4.43. The summed E-state index contributed by atoms with van der Waals surface area (Å²) in [5.74, 6) is 1.71. The molecule has 0 aliphatic carbocycles. The summed E-state index contributed by atoms with van der Waals surface area (Å²) in [5.41, 5.74) is 10.3. The molecule has 6 aromatic carbocycles. The maximum absolute atomic E-state index is 6.96. The van der Waals surface area contributed by atoms with Gasteiger partial charge in [-0.05, 0) is 34.0 Å². The second kappa shape index (κ2) is 11.2. The largest absolute Gasteiger partial charge is 0.455 e. The summed E-state index contributed by atoms with van der Waals surface area (Å²) in [4.78, 5) is 9.91. The SMILES string of the molecule is c1ccc(-c2oc(-c3ccccc3)c(-c3ccc(-c4ccc5ccc6cccnc6c5n4)c4ccccc34)c2-c2ccccc2)cc1. The highest BCUT2D eigenvalue weighted by Gasteiger charge is 2.26. The van der Waals surface area contributed by atoms with Crippen molar-refractivity contribution in [3.8, 4) is 56.2 Å². The first-order valence-electron chi connectivity index (χ1n) is 15.8. The number of hydrogen-bond donors (Lipinski definition) is 0. The Morgan fingerprint density at radius 2 is 0.915 bits per heavy atom. The second-order valence-electron chi connectivity index (χ2n) is 11.7. The molecule has 0 aliphatic rings. The van der Waals surface area contributed by atoms with Crippen molar-refractivity contribution < 1.29 is 4.42 Å². The van der Waals surface area contributed by atoms with Crippen LogP contribution in [-0.2, 0) is 0 Å². The number of benzene rings is 6. The molecule has 0 bridgehead atoms. The van der Waals surface area contributed by atoms with Crippen LogP contribution in [0, 0.1) is 0 Å². The first-order chi connectivity index (χ1) is 23.3. The number of hydrogen-bond acceptors (Lipinski definition) is 3. The lowest BCUT2D eigenvalue weighted by Gasteiger charge is -2.14. The summed E-state index contributed by atoms with van der Waals surface area (Å²) < 4.78 is 6.96. The third-order valence-corrected chi connectivity index (χ3v) is 8.94. The molecule has 47 heavy (non-hydrogen) atoms. The number of aromatic nitrogens is 2. The van der Waals surface area contributed by atoms with E-state index in [0.717, 1.165) is 88.7 Å². The molecule has 3 aromatic heterocycles. The summed E-state index contributed by atoms with van der Waals surface area (Å²) in [6.07, 6.45) is 1.84. The maximum atomic E-state index is 6.96. The molecular weight excluding hydrogens is 572 g/mol. The quantitative estimate of drug-likeness (QED) is 0.185. The van der Waals surface area contributed by atoms with Crippen LogP contribution in [0.3, 0.4) is 0 Å². The van der Waals surface area contributed by atoms with Crippen LogP contribution >= 0.6 is 0 Å². The Morgan fingerprint density at radius 3 is 1.60 bits per heavy atom. The second-order valence-corrected chi connectivity index (χ2v) is 11.7. The topological polar surface area (TPSA) is 38.9 Å². The van der Waals surface area contributed by atoms with Crippen molar-refractivity contribution >= 4 is 32.6 Å². The lowest BCUT2D eigenvalue weighted by Crippen LogP contribution is -1.92. The zero-order valence-electron chi connectivity index (χ0n) is 25.5. The highest BCUT2D eigenvalue weighted by molar-refractivity contribution is 6.11. The summed E-state index contributed by atoms with van der Waals surface area (Å²) >= 11 is 0. The lowest BCUT2D eigenvalue weighted by molar-refractivity contribution is 0.599. The molecule has 0 saturated carbocycles. The molecule has 0 radical (unpaired) electrons. The minimum atomic E-state index is 0.850. The molecule has 0 N–H and O–H groups in total. The van der Waals surface area contributed by atoms with E-state index in [-0.39, 0.29) is 0 Å². The van der Waals surface area contributed by atoms with Gasteiger partial charge in [0.2, 0.25) is 0 Å². The van der Waals surface area contributed by atoms with E-state index in [2.05, 4.69) is 146 Å². The summed E-state index contributed by atoms with van der Waals surface area (Å²) in [7, 11) is 0. The molecule has 9 aromatic rings. The van der Waals surface area contributed by atoms with Gasteiger partial charge < -0.3 is 4.42 Å². The number of pyridine rings is 2. The van der Waals surface area contributed by atoms with Gasteiger partial charge in [-0.2, -0.15) is 0 Å². The van der Waals surface area contributed by atoms with Crippen LogP contribution < -0.4 is 0 Å². The van der Waals surface area contributed by atoms with Gasteiger partial charge in [0.05, 0.1) is 16.7 Å². The average Bonchev–Trinajstić information content (AvgIpc) is 3.56. The molecule has 0 saturated heterocycles. The Bertz CT molecular complexity index is 2550.